The predicted molar refractivity (Wildman–Crippen MR) is 63.4 cm³/mol. The third-order valence-corrected chi connectivity index (χ3v) is 3.86. The van der Waals surface area contributed by atoms with Crippen molar-refractivity contribution >= 4 is 11.9 Å². The molecule has 4 heteroatoms. The maximum Gasteiger partial charge on any atom is 0.329 e. The molecule has 1 amide bonds. The van der Waals surface area contributed by atoms with Crippen molar-refractivity contribution in [1.82, 2.24) is 5.32 Å². The van der Waals surface area contributed by atoms with E-state index in [0.717, 1.165) is 32.1 Å². The van der Waals surface area contributed by atoms with Crippen LogP contribution in [0.15, 0.2) is 12.2 Å². The van der Waals surface area contributed by atoms with E-state index in [1.165, 1.54) is 0 Å². The zero-order valence-electron chi connectivity index (χ0n) is 10.1. The zero-order valence-corrected chi connectivity index (χ0v) is 10.1. The van der Waals surface area contributed by atoms with E-state index >= 15 is 0 Å². The first-order valence-corrected chi connectivity index (χ1v) is 6.24. The Morgan fingerprint density at radius 1 is 1.29 bits per heavy atom. The summed E-state index contributed by atoms with van der Waals surface area (Å²) in [6.45, 7) is 1.63. The Morgan fingerprint density at radius 3 is 2.47 bits per heavy atom. The van der Waals surface area contributed by atoms with E-state index in [9.17, 15) is 14.7 Å². The average molecular weight is 237 g/mol. The van der Waals surface area contributed by atoms with E-state index in [-0.39, 0.29) is 17.7 Å². The Bertz CT molecular complexity index is 360. The van der Waals surface area contributed by atoms with Crippen LogP contribution < -0.4 is 5.32 Å². The van der Waals surface area contributed by atoms with Crippen LogP contribution in [-0.2, 0) is 9.59 Å². The van der Waals surface area contributed by atoms with Gasteiger partial charge < -0.3 is 10.4 Å². The summed E-state index contributed by atoms with van der Waals surface area (Å²) in [5.74, 6) is -0.980. The number of carbonyl (C=O) groups is 2. The smallest absolute Gasteiger partial charge is 0.329 e. The lowest BCUT2D eigenvalue weighted by Gasteiger charge is -2.29. The fraction of sp³-hybridized carbons (Fsp3) is 0.692. The molecule has 1 fully saturated rings. The van der Waals surface area contributed by atoms with Crippen molar-refractivity contribution in [2.24, 2.45) is 11.8 Å². The Balaban J connectivity index is 2.00. The number of carboxylic acid groups (broad SMARTS) is 1. The maximum absolute atomic E-state index is 12.0. The van der Waals surface area contributed by atoms with Crippen LogP contribution in [0.3, 0.4) is 0 Å². The molecule has 17 heavy (non-hydrogen) atoms. The molecule has 2 aliphatic carbocycles. The number of nitrogens with one attached hydrogen (secondary N) is 1. The van der Waals surface area contributed by atoms with Crippen LogP contribution in [0.1, 0.15) is 39.0 Å². The molecule has 2 rings (SSSR count). The molecule has 0 aromatic carbocycles. The fourth-order valence-corrected chi connectivity index (χ4v) is 2.38. The highest BCUT2D eigenvalue weighted by atomic mass is 16.4. The Labute approximate surface area is 101 Å². The molecule has 0 saturated heterocycles. The summed E-state index contributed by atoms with van der Waals surface area (Å²) >= 11 is 0. The number of carbonyl (C=O) groups excluding carboxylic acids is 1. The van der Waals surface area contributed by atoms with Gasteiger partial charge in [0.2, 0.25) is 5.91 Å². The number of carboxylic acids is 1. The van der Waals surface area contributed by atoms with Gasteiger partial charge in [-0.05, 0) is 44.9 Å². The van der Waals surface area contributed by atoms with Crippen LogP contribution in [0.2, 0.25) is 0 Å². The standard InChI is InChI=1S/C13H19NO3/c1-13(12(16)17,10-7-8-10)14-11(15)9-5-3-2-4-6-9/h2-3,9-10H,4-8H2,1H3,(H,14,15)(H,16,17). The lowest BCUT2D eigenvalue weighted by atomic mass is 9.90. The van der Waals surface area contributed by atoms with Gasteiger partial charge in [0.15, 0.2) is 0 Å². The van der Waals surface area contributed by atoms with E-state index in [2.05, 4.69) is 11.4 Å². The number of rotatable bonds is 4. The minimum absolute atomic E-state index is 0.0579. The highest BCUT2D eigenvalue weighted by Gasteiger charge is 2.49. The van der Waals surface area contributed by atoms with Gasteiger partial charge in [-0.25, -0.2) is 4.79 Å². The van der Waals surface area contributed by atoms with Gasteiger partial charge in [-0.1, -0.05) is 12.2 Å². The highest BCUT2D eigenvalue weighted by molar-refractivity contribution is 5.88. The van der Waals surface area contributed by atoms with Gasteiger partial charge in [-0.2, -0.15) is 0 Å². The van der Waals surface area contributed by atoms with Crippen molar-refractivity contribution in [2.75, 3.05) is 0 Å². The van der Waals surface area contributed by atoms with Crippen molar-refractivity contribution in [3.8, 4) is 0 Å². The average Bonchev–Trinajstić information content (AvgIpc) is 3.13. The van der Waals surface area contributed by atoms with Crippen LogP contribution in [0.4, 0.5) is 0 Å². The lowest BCUT2D eigenvalue weighted by molar-refractivity contribution is -0.148. The summed E-state index contributed by atoms with van der Waals surface area (Å²) in [6, 6.07) is 0. The van der Waals surface area contributed by atoms with Gasteiger partial charge in [0, 0.05) is 5.92 Å². The molecule has 0 aromatic heterocycles. The van der Waals surface area contributed by atoms with Gasteiger partial charge in [-0.15, -0.1) is 0 Å². The first-order chi connectivity index (χ1) is 8.04. The van der Waals surface area contributed by atoms with Crippen LogP contribution in [0, 0.1) is 11.8 Å². The number of allylic oxidation sites excluding steroid dienone is 2. The van der Waals surface area contributed by atoms with Crippen LogP contribution in [-0.4, -0.2) is 22.5 Å². The first kappa shape index (κ1) is 12.1. The van der Waals surface area contributed by atoms with Gasteiger partial charge in [-0.3, -0.25) is 4.79 Å². The molecule has 0 heterocycles. The molecule has 0 bridgehead atoms. The van der Waals surface area contributed by atoms with E-state index in [0.29, 0.717) is 0 Å². The molecule has 1 saturated carbocycles. The second-order valence-corrected chi connectivity index (χ2v) is 5.25. The first-order valence-electron chi connectivity index (χ1n) is 6.24. The summed E-state index contributed by atoms with van der Waals surface area (Å²) < 4.78 is 0. The molecular formula is C13H19NO3. The summed E-state index contributed by atoms with van der Waals surface area (Å²) in [7, 11) is 0. The number of aliphatic carboxylic acids is 1. The molecule has 0 spiro atoms. The van der Waals surface area contributed by atoms with E-state index in [1.807, 2.05) is 6.08 Å². The van der Waals surface area contributed by atoms with E-state index in [4.69, 9.17) is 0 Å². The summed E-state index contributed by atoms with van der Waals surface area (Å²) in [6.07, 6.45) is 8.32. The Hall–Kier alpha value is -1.32. The SMILES string of the molecule is CC(NC(=O)C1CC=CCC1)(C(=O)O)C1CC1. The van der Waals surface area contributed by atoms with Crippen LogP contribution in [0.25, 0.3) is 0 Å². The Morgan fingerprint density at radius 2 is 2.00 bits per heavy atom. The van der Waals surface area contributed by atoms with Gasteiger partial charge in [0.05, 0.1) is 0 Å². The minimum atomic E-state index is -1.07. The third-order valence-electron chi connectivity index (χ3n) is 3.86. The fourth-order valence-electron chi connectivity index (χ4n) is 2.38. The van der Waals surface area contributed by atoms with Crippen LogP contribution in [0.5, 0.6) is 0 Å². The lowest BCUT2D eigenvalue weighted by Crippen LogP contribution is -2.55. The van der Waals surface area contributed by atoms with Gasteiger partial charge >= 0.3 is 5.97 Å². The van der Waals surface area contributed by atoms with Crippen molar-refractivity contribution in [3.63, 3.8) is 0 Å². The Kier molecular flexibility index (Phi) is 3.22. The predicted octanol–water partition coefficient (Wildman–Crippen LogP) is 1.71. The van der Waals surface area contributed by atoms with E-state index < -0.39 is 11.5 Å². The third kappa shape index (κ3) is 2.51. The minimum Gasteiger partial charge on any atom is -0.480 e. The zero-order chi connectivity index (χ0) is 12.5. The number of hydrogen-bond acceptors (Lipinski definition) is 2. The molecule has 2 aliphatic rings. The summed E-state index contributed by atoms with van der Waals surface area (Å²) in [5.41, 5.74) is -1.07. The van der Waals surface area contributed by atoms with E-state index in [1.54, 1.807) is 6.92 Å². The van der Waals surface area contributed by atoms with Crippen LogP contribution >= 0.6 is 0 Å². The molecule has 94 valence electrons. The van der Waals surface area contributed by atoms with Crippen molar-refractivity contribution < 1.29 is 14.7 Å². The molecule has 0 radical (unpaired) electrons. The van der Waals surface area contributed by atoms with Crippen molar-refractivity contribution in [3.05, 3.63) is 12.2 Å². The largest absolute Gasteiger partial charge is 0.480 e. The normalized spacial score (nSPS) is 27.2. The van der Waals surface area contributed by atoms with Gasteiger partial charge in [0.25, 0.3) is 0 Å². The summed E-state index contributed by atoms with van der Waals surface area (Å²) in [5, 5.41) is 12.0. The second kappa shape index (κ2) is 4.51. The molecule has 2 unspecified atom stereocenters. The molecule has 0 aliphatic heterocycles. The second-order valence-electron chi connectivity index (χ2n) is 5.25. The maximum atomic E-state index is 12.0. The molecule has 0 aromatic rings. The number of hydrogen-bond donors (Lipinski definition) is 2. The molecule has 2 atom stereocenters. The van der Waals surface area contributed by atoms with Crippen molar-refractivity contribution in [2.45, 2.75) is 44.6 Å². The monoisotopic (exact) mass is 237 g/mol. The molecule has 4 nitrogen and oxygen atoms in total. The molecule has 2 N–H and O–H groups in total. The quantitative estimate of drug-likeness (QED) is 0.731. The highest BCUT2D eigenvalue weighted by Crippen LogP contribution is 2.40. The summed E-state index contributed by atoms with van der Waals surface area (Å²) in [4.78, 5) is 23.3. The topological polar surface area (TPSA) is 66.4 Å². The molecular weight excluding hydrogens is 218 g/mol. The van der Waals surface area contributed by atoms with Crippen molar-refractivity contribution in [1.29, 1.82) is 0 Å². The van der Waals surface area contributed by atoms with Gasteiger partial charge in [0.1, 0.15) is 5.54 Å². The number of amides is 1.